The van der Waals surface area contributed by atoms with Crippen molar-refractivity contribution in [3.05, 3.63) is 29.3 Å². The van der Waals surface area contributed by atoms with Crippen LogP contribution in [0.5, 0.6) is 5.75 Å². The number of aryl methyl sites for hydroxylation is 2. The number of carbonyl (C=O) groups excluding carboxylic acids is 3. The summed E-state index contributed by atoms with van der Waals surface area (Å²) in [7, 11) is 0. The fraction of sp³-hybridized carbons (Fsp3) is 0.571. The number of rotatable bonds is 4. The molecule has 29 heavy (non-hydrogen) atoms. The summed E-state index contributed by atoms with van der Waals surface area (Å²) in [6.07, 6.45) is 0.660. The predicted octanol–water partition coefficient (Wildman–Crippen LogP) is 2.48. The van der Waals surface area contributed by atoms with Crippen LogP contribution in [0.25, 0.3) is 0 Å². The molecule has 0 aliphatic carbocycles. The second kappa shape index (κ2) is 9.62. The quantitative estimate of drug-likeness (QED) is 0.750. The van der Waals surface area contributed by atoms with E-state index in [1.165, 1.54) is 0 Å². The standard InChI is InChI=1S/C21H31N3O5/c1-14-7-6-8-15(2)18(14)28-13-17(25)22-23-19(26)16-9-11-24(12-10-16)20(27)29-21(3,4)5/h6-8,16H,9-13H2,1-5H3,(H,22,25)(H,23,26). The van der Waals surface area contributed by atoms with Gasteiger partial charge >= 0.3 is 6.09 Å². The zero-order chi connectivity index (χ0) is 21.6. The normalized spacial score (nSPS) is 14.9. The van der Waals surface area contributed by atoms with E-state index in [0.29, 0.717) is 31.7 Å². The molecule has 0 spiro atoms. The average molecular weight is 405 g/mol. The van der Waals surface area contributed by atoms with Gasteiger partial charge < -0.3 is 14.4 Å². The van der Waals surface area contributed by atoms with Crippen LogP contribution in [-0.2, 0) is 14.3 Å². The van der Waals surface area contributed by atoms with Crippen LogP contribution in [-0.4, -0.2) is 48.1 Å². The van der Waals surface area contributed by atoms with Crippen molar-refractivity contribution in [2.75, 3.05) is 19.7 Å². The molecule has 1 aromatic rings. The van der Waals surface area contributed by atoms with Gasteiger partial charge in [0.15, 0.2) is 6.61 Å². The Kier molecular flexibility index (Phi) is 7.47. The minimum absolute atomic E-state index is 0.191. The van der Waals surface area contributed by atoms with Crippen molar-refractivity contribution in [3.8, 4) is 5.75 Å². The molecule has 0 unspecified atom stereocenters. The second-order valence-corrected chi connectivity index (χ2v) is 8.29. The number of nitrogens with one attached hydrogen (secondary N) is 2. The highest BCUT2D eigenvalue weighted by Gasteiger charge is 2.30. The molecule has 1 aliphatic rings. The topological polar surface area (TPSA) is 97.0 Å². The number of likely N-dealkylation sites (tertiary alicyclic amines) is 1. The third-order valence-corrected chi connectivity index (χ3v) is 4.60. The van der Waals surface area contributed by atoms with Gasteiger partial charge in [-0.15, -0.1) is 0 Å². The van der Waals surface area contributed by atoms with Gasteiger partial charge in [0.1, 0.15) is 11.4 Å². The molecule has 0 atom stereocenters. The minimum Gasteiger partial charge on any atom is -0.483 e. The van der Waals surface area contributed by atoms with Crippen LogP contribution < -0.4 is 15.6 Å². The SMILES string of the molecule is Cc1cccc(C)c1OCC(=O)NNC(=O)C1CCN(C(=O)OC(C)(C)C)CC1. The molecule has 1 aliphatic heterocycles. The first-order chi connectivity index (χ1) is 13.6. The van der Waals surface area contributed by atoms with Gasteiger partial charge in [-0.1, -0.05) is 18.2 Å². The lowest BCUT2D eigenvalue weighted by atomic mass is 9.96. The third-order valence-electron chi connectivity index (χ3n) is 4.60. The summed E-state index contributed by atoms with van der Waals surface area (Å²) in [5.74, 6) is -0.307. The number of carbonyl (C=O) groups is 3. The Bertz CT molecular complexity index is 729. The largest absolute Gasteiger partial charge is 0.483 e. The molecule has 0 bridgehead atoms. The Labute approximate surface area is 171 Å². The van der Waals surface area contributed by atoms with Crippen molar-refractivity contribution in [1.29, 1.82) is 0 Å². The summed E-state index contributed by atoms with van der Waals surface area (Å²) in [5.41, 5.74) is 6.17. The lowest BCUT2D eigenvalue weighted by Crippen LogP contribution is -2.49. The Balaban J connectivity index is 1.72. The molecule has 0 radical (unpaired) electrons. The maximum atomic E-state index is 12.3. The molecule has 1 saturated heterocycles. The van der Waals surface area contributed by atoms with Gasteiger partial charge in [-0.05, 0) is 58.6 Å². The first kappa shape index (κ1) is 22.5. The van der Waals surface area contributed by atoms with Crippen LogP contribution in [0.1, 0.15) is 44.7 Å². The Morgan fingerprint density at radius 2 is 1.66 bits per heavy atom. The fourth-order valence-electron chi connectivity index (χ4n) is 3.08. The monoisotopic (exact) mass is 405 g/mol. The van der Waals surface area contributed by atoms with Gasteiger partial charge in [0.25, 0.3) is 5.91 Å². The molecule has 2 rings (SSSR count). The molecule has 2 N–H and O–H groups in total. The zero-order valence-electron chi connectivity index (χ0n) is 17.8. The molecule has 1 fully saturated rings. The molecule has 1 heterocycles. The van der Waals surface area contributed by atoms with E-state index in [0.717, 1.165) is 11.1 Å². The molecule has 0 saturated carbocycles. The van der Waals surface area contributed by atoms with Gasteiger partial charge in [0.2, 0.25) is 5.91 Å². The van der Waals surface area contributed by atoms with Crippen molar-refractivity contribution < 1.29 is 23.9 Å². The zero-order valence-corrected chi connectivity index (χ0v) is 17.8. The molecule has 1 aromatic carbocycles. The van der Waals surface area contributed by atoms with Crippen LogP contribution in [0, 0.1) is 19.8 Å². The number of amides is 3. The highest BCUT2D eigenvalue weighted by Crippen LogP contribution is 2.22. The number of hydrazine groups is 1. The van der Waals surface area contributed by atoms with Crippen LogP contribution in [0.15, 0.2) is 18.2 Å². The van der Waals surface area contributed by atoms with E-state index in [1.807, 2.05) is 52.8 Å². The van der Waals surface area contributed by atoms with Crippen molar-refractivity contribution in [3.63, 3.8) is 0 Å². The van der Waals surface area contributed by atoms with Gasteiger partial charge in [-0.2, -0.15) is 0 Å². The fourth-order valence-corrected chi connectivity index (χ4v) is 3.08. The molecule has 3 amide bonds. The van der Waals surface area contributed by atoms with Crippen LogP contribution >= 0.6 is 0 Å². The number of benzene rings is 1. The van der Waals surface area contributed by atoms with E-state index in [4.69, 9.17) is 9.47 Å². The van der Waals surface area contributed by atoms with E-state index in [9.17, 15) is 14.4 Å². The van der Waals surface area contributed by atoms with E-state index >= 15 is 0 Å². The molecule has 160 valence electrons. The summed E-state index contributed by atoms with van der Waals surface area (Å²) < 4.78 is 10.9. The Morgan fingerprint density at radius 3 is 2.21 bits per heavy atom. The van der Waals surface area contributed by atoms with E-state index < -0.39 is 11.5 Å². The van der Waals surface area contributed by atoms with Crippen LogP contribution in [0.4, 0.5) is 4.79 Å². The smallest absolute Gasteiger partial charge is 0.410 e. The highest BCUT2D eigenvalue weighted by atomic mass is 16.6. The molecular formula is C21H31N3O5. The summed E-state index contributed by atoms with van der Waals surface area (Å²) >= 11 is 0. The first-order valence-corrected chi connectivity index (χ1v) is 9.82. The number of piperidine rings is 1. The lowest BCUT2D eigenvalue weighted by molar-refractivity contribution is -0.133. The first-order valence-electron chi connectivity index (χ1n) is 9.82. The summed E-state index contributed by atoms with van der Waals surface area (Å²) in [4.78, 5) is 37.9. The van der Waals surface area contributed by atoms with E-state index in [-0.39, 0.29) is 24.5 Å². The van der Waals surface area contributed by atoms with Gasteiger partial charge in [-0.25, -0.2) is 4.79 Å². The Morgan fingerprint density at radius 1 is 1.07 bits per heavy atom. The number of nitrogens with zero attached hydrogens (tertiary/aromatic N) is 1. The number of ether oxygens (including phenoxy) is 2. The summed E-state index contributed by atoms with van der Waals surface area (Å²) in [5, 5.41) is 0. The third kappa shape index (κ3) is 6.96. The maximum absolute atomic E-state index is 12.3. The van der Waals surface area contributed by atoms with Crippen molar-refractivity contribution in [1.82, 2.24) is 15.8 Å². The van der Waals surface area contributed by atoms with Crippen LogP contribution in [0.3, 0.4) is 0 Å². The summed E-state index contributed by atoms with van der Waals surface area (Å²) in [6.45, 7) is 9.96. The number of hydrogen-bond acceptors (Lipinski definition) is 5. The van der Waals surface area contributed by atoms with E-state index in [2.05, 4.69) is 10.9 Å². The lowest BCUT2D eigenvalue weighted by Gasteiger charge is -2.32. The predicted molar refractivity (Wildman–Crippen MR) is 108 cm³/mol. The maximum Gasteiger partial charge on any atom is 0.410 e. The molecular weight excluding hydrogens is 374 g/mol. The minimum atomic E-state index is -0.547. The van der Waals surface area contributed by atoms with Crippen molar-refractivity contribution >= 4 is 17.9 Å². The summed E-state index contributed by atoms with van der Waals surface area (Å²) in [6, 6.07) is 5.74. The second-order valence-electron chi connectivity index (χ2n) is 8.29. The number of para-hydroxylation sites is 1. The number of hydrogen-bond donors (Lipinski definition) is 2. The molecule has 0 aromatic heterocycles. The van der Waals surface area contributed by atoms with Crippen LogP contribution in [0.2, 0.25) is 0 Å². The van der Waals surface area contributed by atoms with Crippen molar-refractivity contribution in [2.45, 2.75) is 53.1 Å². The molecule has 8 nitrogen and oxygen atoms in total. The van der Waals surface area contributed by atoms with Gasteiger partial charge in [0.05, 0.1) is 0 Å². The average Bonchev–Trinajstić information content (AvgIpc) is 2.64. The Hall–Kier alpha value is -2.77. The molecule has 8 heteroatoms. The highest BCUT2D eigenvalue weighted by molar-refractivity contribution is 5.84. The van der Waals surface area contributed by atoms with Gasteiger partial charge in [0, 0.05) is 19.0 Å². The van der Waals surface area contributed by atoms with E-state index in [1.54, 1.807) is 4.90 Å². The van der Waals surface area contributed by atoms with Crippen molar-refractivity contribution in [2.24, 2.45) is 5.92 Å². The van der Waals surface area contributed by atoms with Gasteiger partial charge in [-0.3, -0.25) is 20.4 Å².